The molecule has 0 radical (unpaired) electrons. The van der Waals surface area contributed by atoms with Gasteiger partial charge >= 0.3 is 0 Å². The van der Waals surface area contributed by atoms with E-state index in [0.29, 0.717) is 55.9 Å². The summed E-state index contributed by atoms with van der Waals surface area (Å²) in [4.78, 5) is 30.2. The molecular weight excluding hydrogens is 440 g/mol. The molecule has 2 heterocycles. The first-order valence-electron chi connectivity index (χ1n) is 10.4. The van der Waals surface area contributed by atoms with Crippen LogP contribution in [0.1, 0.15) is 49.0 Å². The van der Waals surface area contributed by atoms with Crippen LogP contribution in [0, 0.1) is 17.0 Å². The molecule has 2 N–H and O–H groups in total. The van der Waals surface area contributed by atoms with Crippen LogP contribution < -0.4 is 10.6 Å². The van der Waals surface area contributed by atoms with Gasteiger partial charge in [0.2, 0.25) is 5.91 Å². The molecule has 166 valence electrons. The van der Waals surface area contributed by atoms with E-state index in [4.69, 9.17) is 11.6 Å². The largest absolute Gasteiger partial charge is 0.345 e. The van der Waals surface area contributed by atoms with Crippen LogP contribution in [0.4, 0.5) is 14.5 Å². The van der Waals surface area contributed by atoms with Gasteiger partial charge < -0.3 is 10.6 Å². The lowest BCUT2D eigenvalue weighted by Crippen LogP contribution is -2.59. The van der Waals surface area contributed by atoms with E-state index in [1.807, 2.05) is 0 Å². The van der Waals surface area contributed by atoms with Gasteiger partial charge in [0, 0.05) is 23.2 Å². The molecule has 3 fully saturated rings. The lowest BCUT2D eigenvalue weighted by atomic mass is 9.57. The van der Waals surface area contributed by atoms with E-state index in [-0.39, 0.29) is 22.5 Å². The average Bonchev–Trinajstić information content (AvgIpc) is 3.21. The molecule has 32 heavy (non-hydrogen) atoms. The van der Waals surface area contributed by atoms with Gasteiger partial charge in [-0.3, -0.25) is 9.59 Å². The summed E-state index contributed by atoms with van der Waals surface area (Å²) in [7, 11) is 0. The van der Waals surface area contributed by atoms with E-state index in [2.05, 4.69) is 20.7 Å². The van der Waals surface area contributed by atoms with Crippen molar-refractivity contribution in [1.82, 2.24) is 19.9 Å². The zero-order valence-electron chi connectivity index (χ0n) is 17.0. The van der Waals surface area contributed by atoms with Crippen LogP contribution in [0.2, 0.25) is 5.02 Å². The summed E-state index contributed by atoms with van der Waals surface area (Å²) in [6, 6.07) is 5.18. The Bertz CT molecular complexity index is 1200. The fourth-order valence-electron chi connectivity index (χ4n) is 4.91. The van der Waals surface area contributed by atoms with Crippen LogP contribution in [0.3, 0.4) is 0 Å². The highest BCUT2D eigenvalue weighted by molar-refractivity contribution is 6.33. The molecule has 0 atom stereocenters. The van der Waals surface area contributed by atoms with E-state index < -0.39 is 22.6 Å². The van der Waals surface area contributed by atoms with Gasteiger partial charge in [0.25, 0.3) is 5.91 Å². The second kappa shape index (κ2) is 7.51. The summed E-state index contributed by atoms with van der Waals surface area (Å²) in [6.07, 6.45) is 6.59. The van der Waals surface area contributed by atoms with E-state index in [1.165, 1.54) is 10.7 Å². The van der Waals surface area contributed by atoms with Gasteiger partial charge in [-0.1, -0.05) is 11.6 Å². The minimum absolute atomic E-state index is 0.179. The summed E-state index contributed by atoms with van der Waals surface area (Å²) in [5.41, 5.74) is -0.331. The third-order valence-electron chi connectivity index (χ3n) is 6.86. The van der Waals surface area contributed by atoms with Crippen molar-refractivity contribution < 1.29 is 18.4 Å². The maximum absolute atomic E-state index is 14.1. The quantitative estimate of drug-likeness (QED) is 0.614. The number of imidazole rings is 1. The number of rotatable bonds is 4. The lowest BCUT2D eigenvalue weighted by molar-refractivity contribution is -0.132. The third-order valence-corrected chi connectivity index (χ3v) is 7.16. The lowest BCUT2D eigenvalue weighted by Gasteiger charge is -2.52. The predicted molar refractivity (Wildman–Crippen MR) is 113 cm³/mol. The molecule has 1 aromatic carbocycles. The van der Waals surface area contributed by atoms with Crippen molar-refractivity contribution in [1.29, 1.82) is 0 Å². The van der Waals surface area contributed by atoms with Gasteiger partial charge in [-0.2, -0.15) is 5.10 Å². The Morgan fingerprint density at radius 2 is 1.81 bits per heavy atom. The number of benzene rings is 1. The molecule has 3 aliphatic carbocycles. The molecule has 7 nitrogen and oxygen atoms in total. The number of hydrogen-bond acceptors (Lipinski definition) is 4. The molecule has 6 rings (SSSR count). The highest BCUT2D eigenvalue weighted by atomic mass is 35.5. The van der Waals surface area contributed by atoms with Crippen LogP contribution in [0.5, 0.6) is 0 Å². The smallest absolute Gasteiger partial charge is 0.272 e. The SMILES string of the molecule is O=C(NC12CCC(C(=O)Nc3c(F)cc(F)cc3Cl)(CC1)CC2)c1cnc2cccnn12. The monoisotopic (exact) mass is 459 g/mol. The van der Waals surface area contributed by atoms with Crippen molar-refractivity contribution >= 4 is 34.7 Å². The van der Waals surface area contributed by atoms with Gasteiger partial charge in [0.05, 0.1) is 16.9 Å². The summed E-state index contributed by atoms with van der Waals surface area (Å²) in [5.74, 6) is -2.29. The fourth-order valence-corrected chi connectivity index (χ4v) is 5.15. The number of anilines is 1. The molecule has 3 saturated carbocycles. The minimum Gasteiger partial charge on any atom is -0.345 e. The van der Waals surface area contributed by atoms with Gasteiger partial charge in [0.15, 0.2) is 11.5 Å². The molecule has 2 amide bonds. The van der Waals surface area contributed by atoms with Crippen molar-refractivity contribution in [3.8, 4) is 0 Å². The summed E-state index contributed by atoms with van der Waals surface area (Å²) < 4.78 is 28.9. The van der Waals surface area contributed by atoms with Crippen LogP contribution >= 0.6 is 11.6 Å². The molecular formula is C22H20ClF2N5O2. The van der Waals surface area contributed by atoms with Crippen molar-refractivity contribution in [3.63, 3.8) is 0 Å². The number of hydrogen-bond donors (Lipinski definition) is 2. The Kier molecular flexibility index (Phi) is 4.88. The standard InChI is InChI=1S/C22H20ClF2N5O2/c23-14-10-13(24)11-15(25)18(14)28-20(32)21-3-6-22(7-4-21,8-5-21)29-19(31)16-12-26-17-2-1-9-27-30(16)17/h1-2,9-12H,3-8H2,(H,28,32)(H,29,31). The van der Waals surface area contributed by atoms with Gasteiger partial charge in [0.1, 0.15) is 11.5 Å². The van der Waals surface area contributed by atoms with Crippen molar-refractivity contribution in [2.45, 2.75) is 44.1 Å². The molecule has 0 spiro atoms. The number of carbonyl (C=O) groups is 2. The van der Waals surface area contributed by atoms with Gasteiger partial charge in [-0.05, 0) is 56.7 Å². The molecule has 0 saturated heterocycles. The molecule has 3 aliphatic rings. The van der Waals surface area contributed by atoms with Gasteiger partial charge in [-0.15, -0.1) is 0 Å². The van der Waals surface area contributed by atoms with Crippen molar-refractivity contribution in [2.24, 2.45) is 5.41 Å². The Morgan fingerprint density at radius 1 is 1.09 bits per heavy atom. The molecule has 0 aliphatic heterocycles. The number of amides is 2. The predicted octanol–water partition coefficient (Wildman–Crippen LogP) is 4.12. The zero-order chi connectivity index (χ0) is 22.5. The van der Waals surface area contributed by atoms with Gasteiger partial charge in [-0.25, -0.2) is 18.3 Å². The van der Waals surface area contributed by atoms with E-state index >= 15 is 0 Å². The summed E-state index contributed by atoms with van der Waals surface area (Å²) in [6.45, 7) is 0. The zero-order valence-corrected chi connectivity index (χ0v) is 17.8. The molecule has 2 bridgehead atoms. The minimum atomic E-state index is -0.908. The highest BCUT2D eigenvalue weighted by Gasteiger charge is 2.53. The third kappa shape index (κ3) is 3.40. The summed E-state index contributed by atoms with van der Waals surface area (Å²) >= 11 is 5.93. The van der Waals surface area contributed by atoms with Crippen molar-refractivity contribution in [2.75, 3.05) is 5.32 Å². The highest BCUT2D eigenvalue weighted by Crippen LogP contribution is 2.53. The number of carbonyl (C=O) groups excluding carboxylic acids is 2. The molecule has 10 heteroatoms. The normalized spacial score (nSPS) is 24.5. The second-order valence-electron chi connectivity index (χ2n) is 8.65. The van der Waals surface area contributed by atoms with Crippen LogP contribution in [0.15, 0.2) is 36.7 Å². The number of nitrogens with one attached hydrogen (secondary N) is 2. The van der Waals surface area contributed by atoms with Crippen LogP contribution in [0.25, 0.3) is 5.65 Å². The van der Waals surface area contributed by atoms with E-state index in [9.17, 15) is 18.4 Å². The number of aromatic nitrogens is 3. The van der Waals surface area contributed by atoms with E-state index in [1.54, 1.807) is 18.3 Å². The topological polar surface area (TPSA) is 88.4 Å². The first-order chi connectivity index (χ1) is 15.3. The molecule has 2 aromatic heterocycles. The first kappa shape index (κ1) is 20.8. The molecule has 0 unspecified atom stereocenters. The number of fused-ring (bicyclic) bond motifs is 4. The fraction of sp³-hybridized carbons (Fsp3) is 0.364. The van der Waals surface area contributed by atoms with E-state index in [0.717, 1.165) is 6.07 Å². The molecule has 3 aromatic rings. The summed E-state index contributed by atoms with van der Waals surface area (Å²) in [5, 5.41) is 9.72. The Labute approximate surface area is 187 Å². The maximum atomic E-state index is 14.1. The Balaban J connectivity index is 1.29. The Morgan fingerprint density at radius 3 is 2.50 bits per heavy atom. The second-order valence-corrected chi connectivity index (χ2v) is 9.06. The average molecular weight is 460 g/mol. The Hall–Kier alpha value is -3.07. The maximum Gasteiger partial charge on any atom is 0.272 e. The van der Waals surface area contributed by atoms with Crippen LogP contribution in [-0.2, 0) is 4.79 Å². The number of halogens is 3. The first-order valence-corrected chi connectivity index (χ1v) is 10.8. The van der Waals surface area contributed by atoms with Crippen molar-refractivity contribution in [3.05, 3.63) is 59.0 Å². The van der Waals surface area contributed by atoms with Crippen LogP contribution in [-0.4, -0.2) is 32.0 Å². The number of nitrogens with zero attached hydrogens (tertiary/aromatic N) is 3.